The normalized spacial score (nSPS) is 12.9. The fourth-order valence-electron chi connectivity index (χ4n) is 1.76. The number of ether oxygens (including phenoxy) is 3. The molecule has 0 aliphatic heterocycles. The van der Waals surface area contributed by atoms with Crippen molar-refractivity contribution < 1.29 is 14.2 Å². The summed E-state index contributed by atoms with van der Waals surface area (Å²) in [5.74, 6) is 7.44. The minimum absolute atomic E-state index is 0.0366. The maximum atomic E-state index is 5.46. The lowest BCUT2D eigenvalue weighted by Gasteiger charge is -2.19. The second kappa shape index (κ2) is 8.27. The Morgan fingerprint density at radius 2 is 1.90 bits per heavy atom. The van der Waals surface area contributed by atoms with E-state index in [9.17, 15) is 0 Å². The summed E-state index contributed by atoms with van der Waals surface area (Å²) in [6.07, 6.45) is 0. The highest BCUT2D eigenvalue weighted by Gasteiger charge is 2.16. The van der Waals surface area contributed by atoms with Gasteiger partial charge in [-0.2, -0.15) is 5.10 Å². The molecular weight excluding hydrogens is 258 g/mol. The third-order valence-electron chi connectivity index (χ3n) is 2.86. The van der Waals surface area contributed by atoms with E-state index in [2.05, 4.69) is 10.4 Å². The highest BCUT2D eigenvalue weighted by molar-refractivity contribution is 5.99. The minimum Gasteiger partial charge on any atom is -0.494 e. The molecule has 112 valence electrons. The Hall–Kier alpha value is -1.95. The second-order valence-corrected chi connectivity index (χ2v) is 4.24. The average Bonchev–Trinajstić information content (AvgIpc) is 2.49. The molecule has 0 aliphatic carbocycles. The van der Waals surface area contributed by atoms with Gasteiger partial charge >= 0.3 is 0 Å². The summed E-state index contributed by atoms with van der Waals surface area (Å²) in [6, 6.07) is 5.53. The van der Waals surface area contributed by atoms with E-state index in [0.29, 0.717) is 36.2 Å². The molecule has 1 rings (SSSR count). The molecule has 1 aromatic carbocycles. The third kappa shape index (κ3) is 4.03. The van der Waals surface area contributed by atoms with Crippen molar-refractivity contribution in [3.63, 3.8) is 0 Å². The van der Waals surface area contributed by atoms with E-state index < -0.39 is 0 Å². The van der Waals surface area contributed by atoms with Gasteiger partial charge in [0.25, 0.3) is 0 Å². The first-order valence-electron chi connectivity index (χ1n) is 6.51. The van der Waals surface area contributed by atoms with Crippen LogP contribution in [0, 0.1) is 5.92 Å². The molecule has 0 bridgehead atoms. The van der Waals surface area contributed by atoms with Gasteiger partial charge in [0.2, 0.25) is 0 Å². The number of nitrogens with two attached hydrogens (primary N) is 1. The van der Waals surface area contributed by atoms with E-state index in [1.807, 2.05) is 32.0 Å². The smallest absolute Gasteiger partial charge is 0.146 e. The second-order valence-electron chi connectivity index (χ2n) is 4.24. The largest absolute Gasteiger partial charge is 0.494 e. The minimum atomic E-state index is 0.0366. The average molecular weight is 281 g/mol. The van der Waals surface area contributed by atoms with Gasteiger partial charge in [0.05, 0.1) is 20.8 Å². The first-order valence-corrected chi connectivity index (χ1v) is 6.51. The molecule has 3 N–H and O–H groups in total. The van der Waals surface area contributed by atoms with Crippen molar-refractivity contribution in [1.29, 1.82) is 0 Å². The number of hydrogen-bond donors (Lipinski definition) is 2. The Kier molecular flexibility index (Phi) is 6.66. The molecule has 1 aromatic rings. The van der Waals surface area contributed by atoms with E-state index in [1.165, 1.54) is 0 Å². The van der Waals surface area contributed by atoms with Crippen molar-refractivity contribution in [3.05, 3.63) is 18.2 Å². The predicted molar refractivity (Wildman–Crippen MR) is 80.4 cm³/mol. The van der Waals surface area contributed by atoms with Crippen LogP contribution in [0.25, 0.3) is 0 Å². The Labute approximate surface area is 119 Å². The zero-order chi connectivity index (χ0) is 15.0. The molecule has 0 spiro atoms. The van der Waals surface area contributed by atoms with Crippen molar-refractivity contribution in [2.24, 2.45) is 16.9 Å². The van der Waals surface area contributed by atoms with Crippen molar-refractivity contribution >= 4 is 11.5 Å². The summed E-state index contributed by atoms with van der Waals surface area (Å²) in [4.78, 5) is 0. The van der Waals surface area contributed by atoms with Crippen LogP contribution in [-0.4, -0.2) is 33.3 Å². The van der Waals surface area contributed by atoms with Crippen LogP contribution >= 0.6 is 0 Å². The fourth-order valence-corrected chi connectivity index (χ4v) is 1.76. The molecule has 1 unspecified atom stereocenters. The fraction of sp³-hybridized carbons (Fsp3) is 0.500. The molecule has 0 radical (unpaired) electrons. The Balaban J connectivity index is 2.95. The summed E-state index contributed by atoms with van der Waals surface area (Å²) in [5.41, 5.74) is 0.699. The molecule has 6 nitrogen and oxygen atoms in total. The molecule has 0 aromatic heterocycles. The van der Waals surface area contributed by atoms with Gasteiger partial charge in [0.1, 0.15) is 23.0 Å². The van der Waals surface area contributed by atoms with Gasteiger partial charge in [-0.1, -0.05) is 13.0 Å². The lowest BCUT2D eigenvalue weighted by atomic mass is 10.1. The predicted octanol–water partition coefficient (Wildman–Crippen LogP) is 2.06. The maximum Gasteiger partial charge on any atom is 0.146 e. The maximum absolute atomic E-state index is 5.46. The number of rotatable bonds is 7. The molecule has 0 saturated carbocycles. The van der Waals surface area contributed by atoms with E-state index in [1.54, 1.807) is 14.2 Å². The first kappa shape index (κ1) is 16.1. The van der Waals surface area contributed by atoms with E-state index in [4.69, 9.17) is 20.1 Å². The van der Waals surface area contributed by atoms with Crippen molar-refractivity contribution in [3.8, 4) is 11.5 Å². The summed E-state index contributed by atoms with van der Waals surface area (Å²) in [7, 11) is 3.20. The number of benzene rings is 1. The summed E-state index contributed by atoms with van der Waals surface area (Å²) >= 11 is 0. The number of hydrogen-bond acceptors (Lipinski definition) is 5. The molecular formula is C14H23N3O3. The number of anilines is 1. The highest BCUT2D eigenvalue weighted by Crippen LogP contribution is 2.34. The van der Waals surface area contributed by atoms with E-state index in [-0.39, 0.29) is 5.92 Å². The topological polar surface area (TPSA) is 78.1 Å². The van der Waals surface area contributed by atoms with Crippen LogP contribution in [0.3, 0.4) is 0 Å². The molecule has 0 heterocycles. The lowest BCUT2D eigenvalue weighted by molar-refractivity contribution is 0.133. The quantitative estimate of drug-likeness (QED) is 0.346. The number of nitrogens with one attached hydrogen (secondary N) is 1. The van der Waals surface area contributed by atoms with Gasteiger partial charge in [-0.05, 0) is 19.1 Å². The summed E-state index contributed by atoms with van der Waals surface area (Å²) in [6.45, 7) is 5.12. The zero-order valence-corrected chi connectivity index (χ0v) is 12.5. The van der Waals surface area contributed by atoms with Crippen molar-refractivity contribution in [1.82, 2.24) is 0 Å². The van der Waals surface area contributed by atoms with Gasteiger partial charge in [0, 0.05) is 12.5 Å². The standard InChI is InChI=1S/C14H23N3O3/c1-5-20-9-10(2)14(17-15)16-13-11(18-3)7-6-8-12(13)19-4/h6-8,10H,5,9,15H2,1-4H3,(H,16,17). The SMILES string of the molecule is CCOCC(C)/C(=N\N)Nc1c(OC)cccc1OC. The summed E-state index contributed by atoms with van der Waals surface area (Å²) < 4.78 is 16.0. The number of nitrogens with zero attached hydrogens (tertiary/aromatic N) is 1. The Morgan fingerprint density at radius 3 is 2.35 bits per heavy atom. The van der Waals surface area contributed by atoms with E-state index >= 15 is 0 Å². The van der Waals surface area contributed by atoms with Crippen LogP contribution in [0.4, 0.5) is 5.69 Å². The van der Waals surface area contributed by atoms with Crippen LogP contribution in [0.2, 0.25) is 0 Å². The van der Waals surface area contributed by atoms with Gasteiger partial charge < -0.3 is 25.4 Å². The van der Waals surface area contributed by atoms with Crippen LogP contribution in [0.1, 0.15) is 13.8 Å². The van der Waals surface area contributed by atoms with E-state index in [0.717, 1.165) is 0 Å². The van der Waals surface area contributed by atoms with Crippen LogP contribution < -0.4 is 20.6 Å². The number of amidine groups is 1. The Bertz CT molecular complexity index is 427. The molecule has 0 saturated heterocycles. The highest BCUT2D eigenvalue weighted by atomic mass is 16.5. The molecule has 20 heavy (non-hydrogen) atoms. The number of hydrazone groups is 1. The monoisotopic (exact) mass is 281 g/mol. The first-order chi connectivity index (χ1) is 9.67. The van der Waals surface area contributed by atoms with Gasteiger partial charge in [-0.25, -0.2) is 0 Å². The molecule has 6 heteroatoms. The molecule has 1 atom stereocenters. The molecule has 0 aliphatic rings. The van der Waals surface area contributed by atoms with Crippen molar-refractivity contribution in [2.45, 2.75) is 13.8 Å². The van der Waals surface area contributed by atoms with Gasteiger partial charge in [0.15, 0.2) is 0 Å². The lowest BCUT2D eigenvalue weighted by Crippen LogP contribution is -2.26. The number of methoxy groups -OCH3 is 2. The zero-order valence-electron chi connectivity index (χ0n) is 12.5. The molecule has 0 fully saturated rings. The van der Waals surface area contributed by atoms with Gasteiger partial charge in [-0.15, -0.1) is 0 Å². The summed E-state index contributed by atoms with van der Waals surface area (Å²) in [5, 5.41) is 6.97. The van der Waals surface area contributed by atoms with Crippen LogP contribution in [0.5, 0.6) is 11.5 Å². The van der Waals surface area contributed by atoms with Crippen LogP contribution in [0.15, 0.2) is 23.3 Å². The Morgan fingerprint density at radius 1 is 1.30 bits per heavy atom. The molecule has 0 amide bonds. The van der Waals surface area contributed by atoms with Gasteiger partial charge in [-0.3, -0.25) is 0 Å². The third-order valence-corrected chi connectivity index (χ3v) is 2.86. The number of para-hydroxylation sites is 1. The van der Waals surface area contributed by atoms with Crippen molar-refractivity contribution in [2.75, 3.05) is 32.8 Å². The van der Waals surface area contributed by atoms with Crippen LogP contribution in [-0.2, 0) is 4.74 Å².